The Hall–Kier alpha value is -2.52. The van der Waals surface area contributed by atoms with Gasteiger partial charge in [0.25, 0.3) is 0 Å². The van der Waals surface area contributed by atoms with Gasteiger partial charge in [0, 0.05) is 16.5 Å². The molecule has 23 heavy (non-hydrogen) atoms. The number of hydrogen-bond donors (Lipinski definition) is 0. The molecule has 0 amide bonds. The van der Waals surface area contributed by atoms with Crippen LogP contribution in [0.15, 0.2) is 88.9 Å². The molecule has 3 heteroatoms. The predicted molar refractivity (Wildman–Crippen MR) is 96.4 cm³/mol. The van der Waals surface area contributed by atoms with Crippen molar-refractivity contribution < 1.29 is 0 Å². The van der Waals surface area contributed by atoms with E-state index < -0.39 is 0 Å². The molecule has 2 aromatic heterocycles. The normalized spacial score (nSPS) is 11.0. The Balaban J connectivity index is 1.97. The van der Waals surface area contributed by atoms with E-state index in [0.717, 1.165) is 5.82 Å². The summed E-state index contributed by atoms with van der Waals surface area (Å²) in [5, 5.41) is 2.49. The van der Waals surface area contributed by atoms with Crippen LogP contribution in [-0.4, -0.2) is 9.55 Å². The van der Waals surface area contributed by atoms with E-state index in [0.29, 0.717) is 0 Å². The first-order chi connectivity index (χ1) is 11.3. The van der Waals surface area contributed by atoms with Crippen LogP contribution >= 0.6 is 11.8 Å². The molecule has 0 aliphatic rings. The fourth-order valence-corrected chi connectivity index (χ4v) is 3.88. The quantitative estimate of drug-likeness (QED) is 0.498. The molecular weight excluding hydrogens is 300 g/mol. The van der Waals surface area contributed by atoms with Crippen LogP contribution in [0.2, 0.25) is 0 Å². The summed E-state index contributed by atoms with van der Waals surface area (Å²) in [6.45, 7) is 2.19. The van der Waals surface area contributed by atoms with E-state index in [-0.39, 0.29) is 0 Å². The van der Waals surface area contributed by atoms with E-state index in [1.54, 1.807) is 11.8 Å². The van der Waals surface area contributed by atoms with Gasteiger partial charge in [0.05, 0.1) is 10.5 Å². The zero-order chi connectivity index (χ0) is 15.6. The second-order valence-corrected chi connectivity index (χ2v) is 6.45. The number of rotatable bonds is 3. The van der Waals surface area contributed by atoms with Crippen LogP contribution in [0.3, 0.4) is 0 Å². The Morgan fingerprint density at radius 1 is 0.826 bits per heavy atom. The molecule has 112 valence electrons. The molecule has 0 saturated heterocycles. The highest BCUT2D eigenvalue weighted by Crippen LogP contribution is 2.38. The lowest BCUT2D eigenvalue weighted by Crippen LogP contribution is -1.98. The third-order valence-corrected chi connectivity index (χ3v) is 5.10. The highest BCUT2D eigenvalue weighted by Gasteiger charge is 2.16. The maximum Gasteiger partial charge on any atom is 0.137 e. The lowest BCUT2D eigenvalue weighted by molar-refractivity contribution is 0.928. The monoisotopic (exact) mass is 316 g/mol. The number of para-hydroxylation sites is 1. The maximum absolute atomic E-state index is 4.56. The number of pyridine rings is 1. The van der Waals surface area contributed by atoms with Crippen molar-refractivity contribution in [3.63, 3.8) is 0 Å². The van der Waals surface area contributed by atoms with Crippen molar-refractivity contribution in [2.24, 2.45) is 0 Å². The van der Waals surface area contributed by atoms with Gasteiger partial charge >= 0.3 is 0 Å². The third-order valence-electron chi connectivity index (χ3n) is 3.91. The molecule has 0 unspecified atom stereocenters. The van der Waals surface area contributed by atoms with Crippen LogP contribution in [0.4, 0.5) is 0 Å². The van der Waals surface area contributed by atoms with Gasteiger partial charge in [-0.1, -0.05) is 54.2 Å². The van der Waals surface area contributed by atoms with Gasteiger partial charge in [-0.2, -0.15) is 0 Å². The predicted octanol–water partition coefficient (Wildman–Crippen LogP) is 5.49. The number of benzene rings is 2. The first-order valence-electron chi connectivity index (χ1n) is 7.59. The topological polar surface area (TPSA) is 17.8 Å². The Morgan fingerprint density at radius 3 is 2.35 bits per heavy atom. The molecule has 2 heterocycles. The number of hydrogen-bond acceptors (Lipinski definition) is 2. The van der Waals surface area contributed by atoms with Crippen LogP contribution in [0.5, 0.6) is 0 Å². The van der Waals surface area contributed by atoms with Crippen molar-refractivity contribution in [2.75, 3.05) is 0 Å². The highest BCUT2D eigenvalue weighted by molar-refractivity contribution is 7.99. The molecule has 4 rings (SSSR count). The summed E-state index contributed by atoms with van der Waals surface area (Å²) in [5.74, 6) is 0.954. The van der Waals surface area contributed by atoms with E-state index in [9.17, 15) is 0 Å². The van der Waals surface area contributed by atoms with Gasteiger partial charge in [0.1, 0.15) is 5.82 Å². The van der Waals surface area contributed by atoms with E-state index in [1.165, 1.54) is 26.4 Å². The maximum atomic E-state index is 4.56. The Kier molecular flexibility index (Phi) is 3.64. The zero-order valence-electron chi connectivity index (χ0n) is 12.8. The Labute approximate surface area is 139 Å². The first kappa shape index (κ1) is 14.1. The lowest BCUT2D eigenvalue weighted by atomic mass is 10.2. The summed E-state index contributed by atoms with van der Waals surface area (Å²) >= 11 is 1.78. The number of nitrogens with zero attached hydrogens (tertiary/aromatic N) is 2. The molecule has 0 bridgehead atoms. The van der Waals surface area contributed by atoms with E-state index >= 15 is 0 Å². The zero-order valence-corrected chi connectivity index (χ0v) is 13.6. The van der Waals surface area contributed by atoms with Crippen molar-refractivity contribution in [3.8, 4) is 5.82 Å². The molecule has 0 fully saturated rings. The van der Waals surface area contributed by atoms with Crippen LogP contribution in [0.1, 0.15) is 5.56 Å². The van der Waals surface area contributed by atoms with Crippen LogP contribution in [0, 0.1) is 6.92 Å². The molecular formula is C20H16N2S. The molecule has 4 aromatic rings. The fraction of sp³-hybridized carbons (Fsp3) is 0.0500. The van der Waals surface area contributed by atoms with Crippen molar-refractivity contribution in [2.45, 2.75) is 16.8 Å². The van der Waals surface area contributed by atoms with Gasteiger partial charge in [-0.25, -0.2) is 4.98 Å². The average molecular weight is 316 g/mol. The summed E-state index contributed by atoms with van der Waals surface area (Å²) in [6.07, 6.45) is 1.84. The second-order valence-electron chi connectivity index (χ2n) is 5.39. The standard InChI is InChI=1S/C20H16N2S/c1-15-17-11-5-6-12-18(17)22(19-13-7-8-14-21-19)20(15)23-16-9-3-2-4-10-16/h2-14H,1H3. The molecule has 0 spiro atoms. The summed E-state index contributed by atoms with van der Waals surface area (Å²) in [5.41, 5.74) is 2.49. The van der Waals surface area contributed by atoms with Gasteiger partial charge in [-0.05, 0) is 42.8 Å². The fourth-order valence-electron chi connectivity index (χ4n) is 2.81. The van der Waals surface area contributed by atoms with Crippen LogP contribution < -0.4 is 0 Å². The molecule has 2 aromatic carbocycles. The van der Waals surface area contributed by atoms with E-state index in [2.05, 4.69) is 71.1 Å². The third kappa shape index (κ3) is 2.53. The molecule has 0 atom stereocenters. The van der Waals surface area contributed by atoms with Crippen LogP contribution in [-0.2, 0) is 0 Å². The molecule has 0 aliphatic heterocycles. The number of aryl methyl sites for hydroxylation is 1. The largest absolute Gasteiger partial charge is 0.288 e. The first-order valence-corrected chi connectivity index (χ1v) is 8.40. The van der Waals surface area contributed by atoms with Crippen molar-refractivity contribution in [1.29, 1.82) is 0 Å². The Bertz CT molecular complexity index is 943. The van der Waals surface area contributed by atoms with Gasteiger partial charge in [-0.3, -0.25) is 4.57 Å². The van der Waals surface area contributed by atoms with Gasteiger partial charge in [-0.15, -0.1) is 0 Å². The summed E-state index contributed by atoms with van der Waals surface area (Å²) in [6, 6.07) is 25.0. The minimum Gasteiger partial charge on any atom is -0.288 e. The lowest BCUT2D eigenvalue weighted by Gasteiger charge is -2.10. The molecule has 0 N–H and O–H groups in total. The van der Waals surface area contributed by atoms with Crippen molar-refractivity contribution in [1.82, 2.24) is 9.55 Å². The molecule has 0 saturated carbocycles. The molecule has 2 nitrogen and oxygen atoms in total. The van der Waals surface area contributed by atoms with Crippen molar-refractivity contribution >= 4 is 22.7 Å². The second kappa shape index (κ2) is 5.94. The highest BCUT2D eigenvalue weighted by atomic mass is 32.2. The summed E-state index contributed by atoms with van der Waals surface area (Å²) in [4.78, 5) is 5.80. The summed E-state index contributed by atoms with van der Waals surface area (Å²) < 4.78 is 2.25. The number of aromatic nitrogens is 2. The Morgan fingerprint density at radius 2 is 1.57 bits per heavy atom. The minimum absolute atomic E-state index is 0.954. The molecule has 0 radical (unpaired) electrons. The van der Waals surface area contributed by atoms with Crippen molar-refractivity contribution in [3.05, 3.63) is 84.6 Å². The van der Waals surface area contributed by atoms with Gasteiger partial charge in [0.15, 0.2) is 0 Å². The molecule has 0 aliphatic carbocycles. The SMILES string of the molecule is Cc1c(Sc2ccccc2)n(-c2ccccn2)c2ccccc12. The van der Waals surface area contributed by atoms with Crippen LogP contribution in [0.25, 0.3) is 16.7 Å². The average Bonchev–Trinajstić information content (AvgIpc) is 2.89. The summed E-state index contributed by atoms with van der Waals surface area (Å²) in [7, 11) is 0. The smallest absolute Gasteiger partial charge is 0.137 e. The number of fused-ring (bicyclic) bond motifs is 1. The van der Waals surface area contributed by atoms with Gasteiger partial charge in [0.2, 0.25) is 0 Å². The van der Waals surface area contributed by atoms with E-state index in [4.69, 9.17) is 0 Å². The minimum atomic E-state index is 0.954. The van der Waals surface area contributed by atoms with E-state index in [1.807, 2.05) is 24.4 Å². The van der Waals surface area contributed by atoms with Gasteiger partial charge < -0.3 is 0 Å².